The van der Waals surface area contributed by atoms with Crippen LogP contribution in [0.2, 0.25) is 0 Å². The normalized spacial score (nSPS) is 9.47. The van der Waals surface area contributed by atoms with E-state index in [2.05, 4.69) is 5.32 Å². The van der Waals surface area contributed by atoms with Crippen LogP contribution in [0.15, 0.2) is 18.2 Å². The van der Waals surface area contributed by atoms with Crippen molar-refractivity contribution in [1.29, 1.82) is 0 Å². The Kier molecular flexibility index (Phi) is 7.95. The van der Waals surface area contributed by atoms with E-state index in [-0.39, 0.29) is 18.3 Å². The predicted molar refractivity (Wildman–Crippen MR) is 77.2 cm³/mol. The minimum absolute atomic E-state index is 0. The molecule has 0 unspecified atom stereocenters. The Bertz CT molecular complexity index is 413. The second-order valence-electron chi connectivity index (χ2n) is 3.96. The SMILES string of the molecule is CNCC(=O)N(C)Cc1ccc(OC)cc1OC.Cl. The third-order valence-electron chi connectivity index (χ3n) is 2.66. The predicted octanol–water partition coefficient (Wildman–Crippen LogP) is 1.30. The van der Waals surface area contributed by atoms with Crippen molar-refractivity contribution in [3.8, 4) is 11.5 Å². The zero-order valence-electron chi connectivity index (χ0n) is 11.7. The average Bonchev–Trinajstić information content (AvgIpc) is 2.39. The highest BCUT2D eigenvalue weighted by molar-refractivity contribution is 5.85. The van der Waals surface area contributed by atoms with Crippen molar-refractivity contribution >= 4 is 18.3 Å². The summed E-state index contributed by atoms with van der Waals surface area (Å²) in [5, 5.41) is 2.84. The van der Waals surface area contributed by atoms with E-state index in [4.69, 9.17) is 9.47 Å². The molecular formula is C13H21ClN2O3. The lowest BCUT2D eigenvalue weighted by molar-refractivity contribution is -0.129. The van der Waals surface area contributed by atoms with Crippen LogP contribution in [0.3, 0.4) is 0 Å². The van der Waals surface area contributed by atoms with Crippen molar-refractivity contribution in [2.45, 2.75) is 6.54 Å². The number of hydrogen-bond acceptors (Lipinski definition) is 4. The van der Waals surface area contributed by atoms with Crippen LogP contribution in [0.5, 0.6) is 11.5 Å². The standard InChI is InChI=1S/C13H20N2O3.ClH/c1-14-8-13(16)15(2)9-10-5-6-11(17-3)7-12(10)18-4;/h5-7,14H,8-9H2,1-4H3;1H. The summed E-state index contributed by atoms with van der Waals surface area (Å²) in [6.07, 6.45) is 0. The highest BCUT2D eigenvalue weighted by Gasteiger charge is 2.11. The van der Waals surface area contributed by atoms with Crippen LogP contribution in [0.4, 0.5) is 0 Å². The summed E-state index contributed by atoms with van der Waals surface area (Å²) in [5.74, 6) is 1.49. The molecule has 0 atom stereocenters. The third-order valence-corrected chi connectivity index (χ3v) is 2.66. The van der Waals surface area contributed by atoms with Gasteiger partial charge >= 0.3 is 0 Å². The fraction of sp³-hybridized carbons (Fsp3) is 0.462. The number of carbonyl (C=O) groups excluding carboxylic acids is 1. The Hall–Kier alpha value is -1.46. The molecule has 6 heteroatoms. The number of ether oxygens (including phenoxy) is 2. The molecule has 1 rings (SSSR count). The van der Waals surface area contributed by atoms with E-state index in [0.717, 1.165) is 17.1 Å². The molecule has 1 N–H and O–H groups in total. The number of halogens is 1. The minimum atomic E-state index is 0. The number of nitrogens with zero attached hydrogens (tertiary/aromatic N) is 1. The molecule has 1 aromatic carbocycles. The Morgan fingerprint density at radius 3 is 2.53 bits per heavy atom. The number of likely N-dealkylation sites (N-methyl/N-ethyl adjacent to an activating group) is 2. The zero-order chi connectivity index (χ0) is 13.5. The van der Waals surface area contributed by atoms with Crippen LogP contribution in [-0.2, 0) is 11.3 Å². The number of nitrogens with one attached hydrogen (secondary N) is 1. The summed E-state index contributed by atoms with van der Waals surface area (Å²) >= 11 is 0. The minimum Gasteiger partial charge on any atom is -0.497 e. The maximum Gasteiger partial charge on any atom is 0.236 e. The smallest absolute Gasteiger partial charge is 0.236 e. The highest BCUT2D eigenvalue weighted by Crippen LogP contribution is 2.25. The number of hydrogen-bond donors (Lipinski definition) is 1. The molecule has 19 heavy (non-hydrogen) atoms. The monoisotopic (exact) mass is 288 g/mol. The van der Waals surface area contributed by atoms with Crippen molar-refractivity contribution in [3.63, 3.8) is 0 Å². The van der Waals surface area contributed by atoms with Crippen molar-refractivity contribution in [3.05, 3.63) is 23.8 Å². The Labute approximate surface area is 120 Å². The van der Waals surface area contributed by atoms with Crippen LogP contribution in [0, 0.1) is 0 Å². The summed E-state index contributed by atoms with van der Waals surface area (Å²) in [5.41, 5.74) is 0.949. The van der Waals surface area contributed by atoms with Gasteiger partial charge in [-0.15, -0.1) is 12.4 Å². The van der Waals surface area contributed by atoms with E-state index in [0.29, 0.717) is 13.1 Å². The van der Waals surface area contributed by atoms with Crippen LogP contribution >= 0.6 is 12.4 Å². The number of benzene rings is 1. The summed E-state index contributed by atoms with van der Waals surface area (Å²) in [6.45, 7) is 0.836. The maximum absolute atomic E-state index is 11.7. The largest absolute Gasteiger partial charge is 0.497 e. The van der Waals surface area contributed by atoms with Crippen LogP contribution in [0.1, 0.15) is 5.56 Å². The quantitative estimate of drug-likeness (QED) is 0.857. The molecule has 1 aromatic rings. The van der Waals surface area contributed by atoms with E-state index in [9.17, 15) is 4.79 Å². The van der Waals surface area contributed by atoms with E-state index in [1.54, 1.807) is 33.2 Å². The lowest BCUT2D eigenvalue weighted by Gasteiger charge is -2.19. The molecule has 0 fully saturated rings. The molecule has 0 saturated heterocycles. The van der Waals surface area contributed by atoms with Crippen molar-refractivity contribution in [2.75, 3.05) is 34.9 Å². The van der Waals surface area contributed by atoms with E-state index in [1.165, 1.54) is 0 Å². The molecular weight excluding hydrogens is 268 g/mol. The number of rotatable bonds is 6. The summed E-state index contributed by atoms with van der Waals surface area (Å²) < 4.78 is 10.4. The second kappa shape index (κ2) is 8.61. The average molecular weight is 289 g/mol. The molecule has 0 bridgehead atoms. The van der Waals surface area contributed by atoms with E-state index >= 15 is 0 Å². The number of carbonyl (C=O) groups is 1. The molecule has 0 spiro atoms. The topological polar surface area (TPSA) is 50.8 Å². The van der Waals surface area contributed by atoms with Gasteiger partial charge in [0.15, 0.2) is 0 Å². The van der Waals surface area contributed by atoms with Gasteiger partial charge in [-0.3, -0.25) is 4.79 Å². The van der Waals surface area contributed by atoms with Gasteiger partial charge in [-0.25, -0.2) is 0 Å². The first-order valence-electron chi connectivity index (χ1n) is 5.71. The van der Waals surface area contributed by atoms with Gasteiger partial charge in [0.25, 0.3) is 0 Å². The molecule has 0 aliphatic carbocycles. The molecule has 0 aliphatic rings. The van der Waals surface area contributed by atoms with Gasteiger partial charge in [0, 0.05) is 25.2 Å². The Morgan fingerprint density at radius 1 is 1.32 bits per heavy atom. The first-order chi connectivity index (χ1) is 8.62. The molecule has 0 heterocycles. The molecule has 0 saturated carbocycles. The van der Waals surface area contributed by atoms with Gasteiger partial charge in [0.2, 0.25) is 5.91 Å². The third kappa shape index (κ3) is 4.96. The first-order valence-corrected chi connectivity index (χ1v) is 5.71. The van der Waals surface area contributed by atoms with E-state index < -0.39 is 0 Å². The van der Waals surface area contributed by atoms with Gasteiger partial charge in [-0.1, -0.05) is 0 Å². The van der Waals surface area contributed by atoms with Crippen LogP contribution < -0.4 is 14.8 Å². The summed E-state index contributed by atoms with van der Waals surface area (Å²) in [4.78, 5) is 13.3. The zero-order valence-corrected chi connectivity index (χ0v) is 12.5. The number of amides is 1. The van der Waals surface area contributed by atoms with Crippen LogP contribution in [0.25, 0.3) is 0 Å². The Balaban J connectivity index is 0.00000324. The van der Waals surface area contributed by atoms with Crippen molar-refractivity contribution < 1.29 is 14.3 Å². The highest BCUT2D eigenvalue weighted by atomic mass is 35.5. The Morgan fingerprint density at radius 2 is 2.00 bits per heavy atom. The van der Waals surface area contributed by atoms with Crippen LogP contribution in [-0.4, -0.2) is 45.7 Å². The van der Waals surface area contributed by atoms with Crippen molar-refractivity contribution in [1.82, 2.24) is 10.2 Å². The fourth-order valence-electron chi connectivity index (χ4n) is 1.61. The van der Waals surface area contributed by atoms with E-state index in [1.807, 2.05) is 18.2 Å². The summed E-state index contributed by atoms with van der Waals surface area (Å²) in [6, 6.07) is 5.57. The molecule has 5 nitrogen and oxygen atoms in total. The van der Waals surface area contributed by atoms with Gasteiger partial charge in [0.05, 0.1) is 20.8 Å². The molecule has 108 valence electrons. The lowest BCUT2D eigenvalue weighted by Crippen LogP contribution is -2.33. The molecule has 0 aliphatic heterocycles. The summed E-state index contributed by atoms with van der Waals surface area (Å²) in [7, 11) is 6.73. The second-order valence-corrected chi connectivity index (χ2v) is 3.96. The van der Waals surface area contributed by atoms with Gasteiger partial charge in [-0.2, -0.15) is 0 Å². The van der Waals surface area contributed by atoms with Gasteiger partial charge < -0.3 is 19.7 Å². The molecule has 0 aromatic heterocycles. The molecule has 1 amide bonds. The fourth-order valence-corrected chi connectivity index (χ4v) is 1.61. The lowest BCUT2D eigenvalue weighted by atomic mass is 10.2. The van der Waals surface area contributed by atoms with Gasteiger partial charge in [0.1, 0.15) is 11.5 Å². The molecule has 0 radical (unpaired) electrons. The van der Waals surface area contributed by atoms with Gasteiger partial charge in [-0.05, 0) is 19.2 Å². The maximum atomic E-state index is 11.7. The first kappa shape index (κ1) is 17.5. The number of methoxy groups -OCH3 is 2. The van der Waals surface area contributed by atoms with Crippen molar-refractivity contribution in [2.24, 2.45) is 0 Å².